The second-order valence-electron chi connectivity index (χ2n) is 6.38. The topological polar surface area (TPSA) is 88.8 Å². The number of anilines is 2. The monoisotopic (exact) mass is 394 g/mol. The second-order valence-corrected chi connectivity index (χ2v) is 6.38. The molecule has 4 rings (SSSR count). The van der Waals surface area contributed by atoms with Gasteiger partial charge in [0.05, 0.1) is 30.2 Å². The molecule has 146 valence electrons. The van der Waals surface area contributed by atoms with E-state index >= 15 is 0 Å². The summed E-state index contributed by atoms with van der Waals surface area (Å²) < 4.78 is 24.5. The Labute approximate surface area is 164 Å². The predicted octanol–water partition coefficient (Wildman–Crippen LogP) is 3.79. The number of carbonyl (C=O) groups is 3. The van der Waals surface area contributed by atoms with Gasteiger partial charge in [0.2, 0.25) is 0 Å². The van der Waals surface area contributed by atoms with Gasteiger partial charge in [-0.1, -0.05) is 6.07 Å². The molecular weight excluding hydrogens is 379 g/mol. The minimum absolute atomic E-state index is 0.0114. The number of carbonyl (C=O) groups excluding carboxylic acids is 3. The number of hydrogen-bond acceptors (Lipinski definition) is 5. The molecule has 3 aromatic rings. The highest BCUT2D eigenvalue weighted by atomic mass is 19.1. The van der Waals surface area contributed by atoms with Crippen LogP contribution in [0.3, 0.4) is 0 Å². The van der Waals surface area contributed by atoms with E-state index in [0.29, 0.717) is 11.3 Å². The van der Waals surface area contributed by atoms with Crippen LogP contribution < -0.4 is 15.0 Å². The van der Waals surface area contributed by atoms with Gasteiger partial charge in [0.1, 0.15) is 11.6 Å². The molecule has 0 fully saturated rings. The number of nitrogens with one attached hydrogen (secondary N) is 1. The van der Waals surface area contributed by atoms with E-state index in [0.717, 1.165) is 11.0 Å². The summed E-state index contributed by atoms with van der Waals surface area (Å²) in [5, 5.41) is 2.67. The summed E-state index contributed by atoms with van der Waals surface area (Å²) in [5.41, 5.74) is 0.909. The summed E-state index contributed by atoms with van der Waals surface area (Å²) in [6.45, 7) is 1.74. The van der Waals surface area contributed by atoms with Crippen molar-refractivity contribution < 1.29 is 27.9 Å². The summed E-state index contributed by atoms with van der Waals surface area (Å²) in [6.07, 6.45) is 1.41. The van der Waals surface area contributed by atoms with Crippen LogP contribution in [-0.2, 0) is 0 Å². The lowest BCUT2D eigenvalue weighted by Crippen LogP contribution is -2.30. The van der Waals surface area contributed by atoms with Crippen molar-refractivity contribution in [1.29, 1.82) is 0 Å². The van der Waals surface area contributed by atoms with Gasteiger partial charge < -0.3 is 14.5 Å². The molecule has 1 aliphatic heterocycles. The van der Waals surface area contributed by atoms with Crippen molar-refractivity contribution in [3.05, 3.63) is 77.0 Å². The molecule has 2 aromatic carbocycles. The molecule has 7 nitrogen and oxygen atoms in total. The number of methoxy groups -OCH3 is 1. The SMILES string of the molecule is COc1cc(NC(=O)c2occc2C)ccc1N1C(=O)c2cccc(F)c2C1=O. The van der Waals surface area contributed by atoms with Gasteiger partial charge >= 0.3 is 0 Å². The minimum atomic E-state index is -0.774. The fourth-order valence-electron chi connectivity index (χ4n) is 3.20. The van der Waals surface area contributed by atoms with Crippen LogP contribution in [-0.4, -0.2) is 24.8 Å². The largest absolute Gasteiger partial charge is 0.494 e. The smallest absolute Gasteiger partial charge is 0.291 e. The third-order valence-electron chi connectivity index (χ3n) is 4.61. The Morgan fingerprint density at radius 3 is 2.59 bits per heavy atom. The van der Waals surface area contributed by atoms with E-state index in [2.05, 4.69) is 5.32 Å². The molecule has 0 atom stereocenters. The van der Waals surface area contributed by atoms with Crippen LogP contribution in [0.25, 0.3) is 0 Å². The summed E-state index contributed by atoms with van der Waals surface area (Å²) in [5.74, 6) is -2.31. The van der Waals surface area contributed by atoms with Crippen molar-refractivity contribution in [3.63, 3.8) is 0 Å². The molecule has 0 unspecified atom stereocenters. The van der Waals surface area contributed by atoms with Crippen LogP contribution in [0.15, 0.2) is 53.1 Å². The van der Waals surface area contributed by atoms with Crippen molar-refractivity contribution in [3.8, 4) is 5.75 Å². The summed E-state index contributed by atoms with van der Waals surface area (Å²) in [7, 11) is 1.36. The van der Waals surface area contributed by atoms with Crippen molar-refractivity contribution >= 4 is 29.1 Å². The average Bonchev–Trinajstić information content (AvgIpc) is 3.24. The number of hydrogen-bond donors (Lipinski definition) is 1. The first-order chi connectivity index (χ1) is 13.9. The molecule has 8 heteroatoms. The van der Waals surface area contributed by atoms with Crippen molar-refractivity contribution in [2.24, 2.45) is 0 Å². The Bertz CT molecular complexity index is 1170. The number of rotatable bonds is 4. The number of ether oxygens (including phenoxy) is 1. The fourth-order valence-corrected chi connectivity index (χ4v) is 3.20. The molecular formula is C21H15FN2O5. The number of imide groups is 1. The fraction of sp³-hybridized carbons (Fsp3) is 0.0952. The standard InChI is InChI=1S/C21H15FN2O5/c1-11-8-9-29-18(11)19(25)23-12-6-7-15(16(10-12)28-2)24-20(26)13-4-3-5-14(22)17(13)21(24)27/h3-10H,1-2H3,(H,23,25). The molecule has 1 N–H and O–H groups in total. The van der Waals surface area contributed by atoms with Gasteiger partial charge in [0, 0.05) is 17.3 Å². The van der Waals surface area contributed by atoms with Crippen molar-refractivity contribution in [2.45, 2.75) is 6.92 Å². The average molecular weight is 394 g/mol. The van der Waals surface area contributed by atoms with Crippen LogP contribution in [0.5, 0.6) is 5.75 Å². The quantitative estimate of drug-likeness (QED) is 0.680. The molecule has 0 radical (unpaired) electrons. The molecule has 0 bridgehead atoms. The van der Waals surface area contributed by atoms with E-state index in [-0.39, 0.29) is 28.3 Å². The Hall–Kier alpha value is -3.94. The van der Waals surface area contributed by atoms with E-state index in [1.807, 2.05) is 0 Å². The maximum atomic E-state index is 14.1. The molecule has 29 heavy (non-hydrogen) atoms. The third kappa shape index (κ3) is 2.94. The maximum Gasteiger partial charge on any atom is 0.291 e. The molecule has 1 aliphatic rings. The van der Waals surface area contributed by atoms with E-state index in [1.54, 1.807) is 13.0 Å². The number of halogens is 1. The number of furan rings is 1. The van der Waals surface area contributed by atoms with Crippen LogP contribution >= 0.6 is 0 Å². The van der Waals surface area contributed by atoms with E-state index in [4.69, 9.17) is 9.15 Å². The van der Waals surface area contributed by atoms with Gasteiger partial charge in [-0.15, -0.1) is 0 Å². The highest BCUT2D eigenvalue weighted by Gasteiger charge is 2.40. The molecule has 0 spiro atoms. The summed E-state index contributed by atoms with van der Waals surface area (Å²) >= 11 is 0. The van der Waals surface area contributed by atoms with E-state index < -0.39 is 23.5 Å². The Balaban J connectivity index is 1.67. The van der Waals surface area contributed by atoms with E-state index in [1.165, 1.54) is 43.7 Å². The number of fused-ring (bicyclic) bond motifs is 1. The number of nitrogens with zero attached hydrogens (tertiary/aromatic N) is 1. The number of benzene rings is 2. The molecule has 2 heterocycles. The first-order valence-corrected chi connectivity index (χ1v) is 8.63. The Morgan fingerprint density at radius 1 is 1.14 bits per heavy atom. The van der Waals surface area contributed by atoms with Gasteiger partial charge in [-0.05, 0) is 37.3 Å². The van der Waals surface area contributed by atoms with Crippen molar-refractivity contribution in [1.82, 2.24) is 0 Å². The molecule has 0 aliphatic carbocycles. The number of amides is 3. The minimum Gasteiger partial charge on any atom is -0.494 e. The van der Waals surface area contributed by atoms with Crippen LogP contribution in [0.1, 0.15) is 36.8 Å². The molecule has 0 saturated heterocycles. The zero-order valence-electron chi connectivity index (χ0n) is 15.5. The lowest BCUT2D eigenvalue weighted by molar-refractivity contribution is 0.0922. The Morgan fingerprint density at radius 2 is 1.93 bits per heavy atom. The lowest BCUT2D eigenvalue weighted by Gasteiger charge is -2.18. The molecule has 0 saturated carbocycles. The summed E-state index contributed by atoms with van der Waals surface area (Å²) in [4.78, 5) is 38.5. The maximum absolute atomic E-state index is 14.1. The lowest BCUT2D eigenvalue weighted by atomic mass is 10.1. The zero-order valence-corrected chi connectivity index (χ0v) is 15.5. The summed E-state index contributed by atoms with van der Waals surface area (Å²) in [6, 6.07) is 9.98. The van der Waals surface area contributed by atoms with Crippen molar-refractivity contribution in [2.75, 3.05) is 17.3 Å². The highest BCUT2D eigenvalue weighted by Crippen LogP contribution is 2.37. The van der Waals surface area contributed by atoms with Crippen LogP contribution in [0, 0.1) is 12.7 Å². The molecule has 3 amide bonds. The van der Waals surface area contributed by atoms with E-state index in [9.17, 15) is 18.8 Å². The van der Waals surface area contributed by atoms with Gasteiger partial charge in [0.25, 0.3) is 17.7 Å². The van der Waals surface area contributed by atoms with Gasteiger partial charge in [-0.3, -0.25) is 14.4 Å². The van der Waals surface area contributed by atoms with Gasteiger partial charge in [0.15, 0.2) is 5.76 Å². The predicted molar refractivity (Wildman–Crippen MR) is 102 cm³/mol. The highest BCUT2D eigenvalue weighted by molar-refractivity contribution is 6.35. The third-order valence-corrected chi connectivity index (χ3v) is 4.61. The first kappa shape index (κ1) is 18.4. The first-order valence-electron chi connectivity index (χ1n) is 8.63. The van der Waals surface area contributed by atoms with Gasteiger partial charge in [-0.25, -0.2) is 9.29 Å². The molecule has 1 aromatic heterocycles. The number of aryl methyl sites for hydroxylation is 1. The normalized spacial score (nSPS) is 12.9. The Kier molecular flexibility index (Phi) is 4.38. The van der Waals surface area contributed by atoms with Crippen LogP contribution in [0.2, 0.25) is 0 Å². The van der Waals surface area contributed by atoms with Crippen LogP contribution in [0.4, 0.5) is 15.8 Å². The zero-order chi connectivity index (χ0) is 20.7. The van der Waals surface area contributed by atoms with Gasteiger partial charge in [-0.2, -0.15) is 0 Å². The second kappa shape index (κ2) is 6.90.